The highest BCUT2D eigenvalue weighted by Crippen LogP contribution is 2.30. The van der Waals surface area contributed by atoms with Gasteiger partial charge in [-0.1, -0.05) is 0 Å². The molecule has 0 saturated carbocycles. The Morgan fingerprint density at radius 3 is 2.95 bits per heavy atom. The van der Waals surface area contributed by atoms with Crippen molar-refractivity contribution in [2.24, 2.45) is 0 Å². The van der Waals surface area contributed by atoms with E-state index in [-0.39, 0.29) is 11.5 Å². The lowest BCUT2D eigenvalue weighted by Crippen LogP contribution is -2.13. The van der Waals surface area contributed by atoms with Crippen molar-refractivity contribution < 1.29 is 14.6 Å². The highest BCUT2D eigenvalue weighted by atomic mass is 16.5. The number of aryl methyl sites for hydroxylation is 1. The van der Waals surface area contributed by atoms with Crippen molar-refractivity contribution in [2.45, 2.75) is 19.3 Å². The fraction of sp³-hybridized carbons (Fsp3) is 0.267. The quantitative estimate of drug-likeness (QED) is 0.907. The SMILES string of the molecule is COc1cc(-c2ncc3c(n2)CCCC3=O)ccc1O. The summed E-state index contributed by atoms with van der Waals surface area (Å²) in [7, 11) is 1.49. The van der Waals surface area contributed by atoms with Gasteiger partial charge in [0.25, 0.3) is 0 Å². The maximum absolute atomic E-state index is 11.7. The normalized spacial score (nSPS) is 13.9. The third-order valence-corrected chi connectivity index (χ3v) is 3.42. The van der Waals surface area contributed by atoms with Crippen molar-refractivity contribution in [2.75, 3.05) is 7.11 Å². The number of benzene rings is 1. The lowest BCUT2D eigenvalue weighted by molar-refractivity contribution is 0.0971. The highest BCUT2D eigenvalue weighted by Gasteiger charge is 2.19. The minimum Gasteiger partial charge on any atom is -0.504 e. The largest absolute Gasteiger partial charge is 0.504 e. The van der Waals surface area contributed by atoms with Gasteiger partial charge in [0.2, 0.25) is 0 Å². The van der Waals surface area contributed by atoms with Gasteiger partial charge in [0.15, 0.2) is 23.1 Å². The number of Topliss-reactive ketones (excluding diaryl/α,β-unsaturated/α-hetero) is 1. The average Bonchev–Trinajstić information content (AvgIpc) is 2.47. The Morgan fingerprint density at radius 1 is 1.30 bits per heavy atom. The van der Waals surface area contributed by atoms with Crippen LogP contribution in [0.2, 0.25) is 0 Å². The molecule has 5 nitrogen and oxygen atoms in total. The molecule has 20 heavy (non-hydrogen) atoms. The molecule has 0 fully saturated rings. The van der Waals surface area contributed by atoms with E-state index in [4.69, 9.17) is 4.74 Å². The van der Waals surface area contributed by atoms with E-state index < -0.39 is 0 Å². The molecule has 0 radical (unpaired) electrons. The van der Waals surface area contributed by atoms with Gasteiger partial charge >= 0.3 is 0 Å². The van der Waals surface area contributed by atoms with E-state index in [1.807, 2.05) is 0 Å². The second-order valence-corrected chi connectivity index (χ2v) is 4.72. The fourth-order valence-corrected chi connectivity index (χ4v) is 2.35. The summed E-state index contributed by atoms with van der Waals surface area (Å²) >= 11 is 0. The number of nitrogens with zero attached hydrogens (tertiary/aromatic N) is 2. The first-order valence-corrected chi connectivity index (χ1v) is 6.45. The number of carbonyl (C=O) groups excluding carboxylic acids is 1. The van der Waals surface area contributed by atoms with Crippen molar-refractivity contribution in [3.8, 4) is 22.9 Å². The zero-order valence-electron chi connectivity index (χ0n) is 11.1. The zero-order chi connectivity index (χ0) is 14.1. The number of ether oxygens (including phenoxy) is 1. The number of rotatable bonds is 2. The van der Waals surface area contributed by atoms with Gasteiger partial charge in [-0.2, -0.15) is 0 Å². The predicted molar refractivity (Wildman–Crippen MR) is 73.0 cm³/mol. The number of methoxy groups -OCH3 is 1. The highest BCUT2D eigenvalue weighted by molar-refractivity contribution is 5.97. The second-order valence-electron chi connectivity index (χ2n) is 4.72. The molecule has 3 rings (SSSR count). The number of aromatic nitrogens is 2. The van der Waals surface area contributed by atoms with Gasteiger partial charge in [0.1, 0.15) is 0 Å². The topological polar surface area (TPSA) is 72.3 Å². The Balaban J connectivity index is 2.05. The van der Waals surface area contributed by atoms with Gasteiger partial charge in [0.05, 0.1) is 18.4 Å². The Labute approximate surface area is 116 Å². The Hall–Kier alpha value is -2.43. The Kier molecular flexibility index (Phi) is 3.10. The molecule has 102 valence electrons. The molecule has 2 aromatic rings. The van der Waals surface area contributed by atoms with Crippen molar-refractivity contribution in [3.63, 3.8) is 0 Å². The number of hydrogen-bond donors (Lipinski definition) is 1. The van der Waals surface area contributed by atoms with E-state index in [1.54, 1.807) is 24.4 Å². The van der Waals surface area contributed by atoms with Crippen LogP contribution in [0.15, 0.2) is 24.4 Å². The van der Waals surface area contributed by atoms with E-state index in [1.165, 1.54) is 7.11 Å². The summed E-state index contributed by atoms with van der Waals surface area (Å²) in [4.78, 5) is 20.5. The first-order chi connectivity index (χ1) is 9.69. The molecule has 0 aliphatic heterocycles. The smallest absolute Gasteiger partial charge is 0.166 e. The molecule has 0 saturated heterocycles. The van der Waals surface area contributed by atoms with E-state index in [0.717, 1.165) is 24.1 Å². The molecule has 0 bridgehead atoms. The summed E-state index contributed by atoms with van der Waals surface area (Å²) in [6.07, 6.45) is 3.80. The lowest BCUT2D eigenvalue weighted by Gasteiger charge is -2.14. The van der Waals surface area contributed by atoms with Gasteiger partial charge in [-0.05, 0) is 31.0 Å². The van der Waals surface area contributed by atoms with Crippen LogP contribution in [0.25, 0.3) is 11.4 Å². The van der Waals surface area contributed by atoms with Crippen LogP contribution in [-0.4, -0.2) is 28.0 Å². The van der Waals surface area contributed by atoms with Crippen LogP contribution in [0.3, 0.4) is 0 Å². The van der Waals surface area contributed by atoms with Crippen LogP contribution in [0.1, 0.15) is 28.9 Å². The number of phenols is 1. The van der Waals surface area contributed by atoms with E-state index >= 15 is 0 Å². The minimum absolute atomic E-state index is 0.0735. The first kappa shape index (κ1) is 12.6. The van der Waals surface area contributed by atoms with Gasteiger partial charge in [-0.25, -0.2) is 9.97 Å². The third kappa shape index (κ3) is 2.11. The van der Waals surface area contributed by atoms with Crippen LogP contribution >= 0.6 is 0 Å². The van der Waals surface area contributed by atoms with Crippen LogP contribution in [0.5, 0.6) is 11.5 Å². The molecule has 1 aromatic carbocycles. The molecule has 0 spiro atoms. The van der Waals surface area contributed by atoms with Crippen LogP contribution < -0.4 is 4.74 Å². The van der Waals surface area contributed by atoms with Crippen molar-refractivity contribution in [3.05, 3.63) is 35.7 Å². The fourth-order valence-electron chi connectivity index (χ4n) is 2.35. The molecule has 1 heterocycles. The Morgan fingerprint density at radius 2 is 2.15 bits per heavy atom. The molecule has 0 amide bonds. The van der Waals surface area contributed by atoms with E-state index in [0.29, 0.717) is 23.6 Å². The maximum Gasteiger partial charge on any atom is 0.166 e. The number of carbonyl (C=O) groups is 1. The standard InChI is InChI=1S/C15H14N2O3/c1-20-14-7-9(5-6-13(14)19)15-16-8-10-11(17-15)3-2-4-12(10)18/h5-8,19H,2-4H2,1H3. The predicted octanol–water partition coefficient (Wildman–Crippen LogP) is 2.38. The lowest BCUT2D eigenvalue weighted by atomic mass is 9.96. The van der Waals surface area contributed by atoms with Gasteiger partial charge < -0.3 is 9.84 Å². The average molecular weight is 270 g/mol. The van der Waals surface area contributed by atoms with Crippen molar-refractivity contribution in [1.82, 2.24) is 9.97 Å². The molecule has 1 N–H and O–H groups in total. The number of ketones is 1. The summed E-state index contributed by atoms with van der Waals surface area (Å²) in [6, 6.07) is 4.95. The molecule has 1 aromatic heterocycles. The van der Waals surface area contributed by atoms with Crippen LogP contribution in [0.4, 0.5) is 0 Å². The Bertz CT molecular complexity index is 683. The number of phenolic OH excluding ortho intramolecular Hbond substituents is 1. The molecule has 5 heteroatoms. The summed E-state index contributed by atoms with van der Waals surface area (Å²) in [5.41, 5.74) is 2.18. The summed E-state index contributed by atoms with van der Waals surface area (Å²) in [5, 5.41) is 9.60. The molecule has 1 aliphatic rings. The minimum atomic E-state index is 0.0735. The maximum atomic E-state index is 11.7. The number of aromatic hydroxyl groups is 1. The van der Waals surface area contributed by atoms with Gasteiger partial charge in [-0.3, -0.25) is 4.79 Å². The molecule has 0 unspecified atom stereocenters. The summed E-state index contributed by atoms with van der Waals surface area (Å²) < 4.78 is 5.08. The van der Waals surface area contributed by atoms with E-state index in [2.05, 4.69) is 9.97 Å². The van der Waals surface area contributed by atoms with Crippen molar-refractivity contribution in [1.29, 1.82) is 0 Å². The van der Waals surface area contributed by atoms with Crippen LogP contribution in [-0.2, 0) is 6.42 Å². The zero-order valence-corrected chi connectivity index (χ0v) is 11.1. The third-order valence-electron chi connectivity index (χ3n) is 3.42. The molecule has 0 atom stereocenters. The van der Waals surface area contributed by atoms with Gasteiger partial charge in [0, 0.05) is 18.2 Å². The number of hydrogen-bond acceptors (Lipinski definition) is 5. The summed E-state index contributed by atoms with van der Waals surface area (Å²) in [5.74, 6) is 1.10. The first-order valence-electron chi connectivity index (χ1n) is 6.45. The van der Waals surface area contributed by atoms with Gasteiger partial charge in [-0.15, -0.1) is 0 Å². The monoisotopic (exact) mass is 270 g/mol. The van der Waals surface area contributed by atoms with E-state index in [9.17, 15) is 9.90 Å². The second kappa shape index (κ2) is 4.92. The summed E-state index contributed by atoms with van der Waals surface area (Å²) in [6.45, 7) is 0. The van der Waals surface area contributed by atoms with Crippen molar-refractivity contribution >= 4 is 5.78 Å². The van der Waals surface area contributed by atoms with Crippen LogP contribution in [0, 0.1) is 0 Å². The molecular weight excluding hydrogens is 256 g/mol. The molecular formula is C15H14N2O3. The molecule has 1 aliphatic carbocycles. The number of fused-ring (bicyclic) bond motifs is 1.